The first-order valence-corrected chi connectivity index (χ1v) is 14.3. The second-order valence-electron chi connectivity index (χ2n) is 10.6. The van der Waals surface area contributed by atoms with E-state index in [0.29, 0.717) is 48.6 Å². The van der Waals surface area contributed by atoms with Gasteiger partial charge in [0, 0.05) is 40.7 Å². The molecule has 2 aromatic heterocycles. The van der Waals surface area contributed by atoms with Crippen molar-refractivity contribution in [2.24, 2.45) is 5.41 Å². The van der Waals surface area contributed by atoms with E-state index in [9.17, 15) is 18.4 Å². The summed E-state index contributed by atoms with van der Waals surface area (Å²) in [6.07, 6.45) is 9.06. The molecule has 7 nitrogen and oxygen atoms in total. The first-order valence-electron chi connectivity index (χ1n) is 14.3. The van der Waals surface area contributed by atoms with Gasteiger partial charge in [-0.3, -0.25) is 23.9 Å². The lowest BCUT2D eigenvalue weighted by Crippen LogP contribution is -2.35. The maximum absolute atomic E-state index is 13.2. The molecule has 0 spiro atoms. The minimum atomic E-state index is -1.16. The number of aromatic nitrogens is 2. The summed E-state index contributed by atoms with van der Waals surface area (Å²) in [5.41, 5.74) is 3.79. The summed E-state index contributed by atoms with van der Waals surface area (Å²) >= 11 is 0. The van der Waals surface area contributed by atoms with Crippen LogP contribution in [0, 0.1) is 18.2 Å². The Labute approximate surface area is 254 Å². The lowest BCUT2D eigenvalue weighted by atomic mass is 10.0. The van der Waals surface area contributed by atoms with E-state index >= 15 is 0 Å². The topological polar surface area (TPSA) is 93.2 Å². The predicted octanol–water partition coefficient (Wildman–Crippen LogP) is 7.70. The fourth-order valence-electron chi connectivity index (χ4n) is 4.59. The largest absolute Gasteiger partial charge is 0.457 e. The number of halogens is 2. The number of benzene rings is 2. The van der Waals surface area contributed by atoms with Gasteiger partial charge >= 0.3 is 0 Å². The lowest BCUT2D eigenvalue weighted by molar-refractivity contribution is -0.131. The Morgan fingerprint density at radius 1 is 0.955 bits per heavy atom. The Hall–Kier alpha value is -5.18. The third kappa shape index (κ3) is 7.23. The van der Waals surface area contributed by atoms with E-state index in [-0.39, 0.29) is 6.67 Å². The van der Waals surface area contributed by atoms with Crippen molar-refractivity contribution in [1.29, 1.82) is 0 Å². The molecule has 9 heteroatoms. The van der Waals surface area contributed by atoms with E-state index in [1.165, 1.54) is 24.3 Å². The number of alkyl halides is 1. The van der Waals surface area contributed by atoms with Crippen molar-refractivity contribution in [3.63, 3.8) is 0 Å². The van der Waals surface area contributed by atoms with Crippen molar-refractivity contribution in [2.75, 3.05) is 17.3 Å². The van der Waals surface area contributed by atoms with Crippen LogP contribution in [0.15, 0.2) is 91.8 Å². The second kappa shape index (κ2) is 13.4. The smallest absolute Gasteiger partial charge is 0.240 e. The van der Waals surface area contributed by atoms with Gasteiger partial charge in [-0.1, -0.05) is 18.7 Å². The number of aryl methyl sites for hydroxylation is 2. The van der Waals surface area contributed by atoms with Crippen LogP contribution in [-0.2, 0) is 16.0 Å². The molecule has 0 unspecified atom stereocenters. The van der Waals surface area contributed by atoms with Gasteiger partial charge in [0.2, 0.25) is 11.8 Å². The number of amides is 2. The Bertz CT molecular complexity index is 1680. The molecule has 2 aromatic carbocycles. The summed E-state index contributed by atoms with van der Waals surface area (Å²) in [5.74, 6) is -0.0831. The Kier molecular flexibility index (Phi) is 9.23. The minimum absolute atomic E-state index is 0.365. The van der Waals surface area contributed by atoms with Gasteiger partial charge in [0.15, 0.2) is 0 Å². The monoisotopic (exact) mass is 594 g/mol. The van der Waals surface area contributed by atoms with Gasteiger partial charge in [0.1, 0.15) is 22.7 Å². The van der Waals surface area contributed by atoms with Gasteiger partial charge in [0.05, 0.1) is 6.67 Å². The summed E-state index contributed by atoms with van der Waals surface area (Å²) in [7, 11) is 0. The maximum atomic E-state index is 13.2. The van der Waals surface area contributed by atoms with Crippen LogP contribution in [0.25, 0.3) is 11.6 Å². The van der Waals surface area contributed by atoms with Crippen molar-refractivity contribution < 1.29 is 23.1 Å². The summed E-state index contributed by atoms with van der Waals surface area (Å²) in [6.45, 7) is 5.66. The number of rotatable bonds is 12. The molecule has 1 fully saturated rings. The summed E-state index contributed by atoms with van der Waals surface area (Å²) < 4.78 is 31.8. The van der Waals surface area contributed by atoms with E-state index < -0.39 is 23.0 Å². The molecule has 5 rings (SSSR count). The molecule has 0 aliphatic heterocycles. The number of hydrogen-bond acceptors (Lipinski definition) is 5. The quantitative estimate of drug-likeness (QED) is 0.130. The first-order chi connectivity index (χ1) is 21.3. The number of carbonyl (C=O) groups is 2. The van der Waals surface area contributed by atoms with Crippen molar-refractivity contribution in [1.82, 2.24) is 9.97 Å². The fourth-order valence-corrected chi connectivity index (χ4v) is 4.59. The van der Waals surface area contributed by atoms with Crippen LogP contribution in [0.2, 0.25) is 0 Å². The second-order valence-corrected chi connectivity index (χ2v) is 10.6. The Morgan fingerprint density at radius 2 is 1.61 bits per heavy atom. The lowest BCUT2D eigenvalue weighted by Gasteiger charge is -2.16. The molecule has 0 radical (unpaired) electrons. The average Bonchev–Trinajstić information content (AvgIpc) is 3.85. The molecule has 0 bridgehead atoms. The van der Waals surface area contributed by atoms with E-state index in [0.717, 1.165) is 28.1 Å². The zero-order valence-electron chi connectivity index (χ0n) is 24.3. The predicted molar refractivity (Wildman–Crippen MR) is 167 cm³/mol. The van der Waals surface area contributed by atoms with Crippen LogP contribution < -0.4 is 15.4 Å². The first kappa shape index (κ1) is 30.3. The fraction of sp³-hybridized carbons (Fsp3) is 0.200. The number of ether oxygens (including phenoxy) is 1. The van der Waals surface area contributed by atoms with E-state index in [2.05, 4.69) is 27.2 Å². The van der Waals surface area contributed by atoms with Crippen LogP contribution in [0.4, 0.5) is 20.2 Å². The van der Waals surface area contributed by atoms with E-state index in [1.807, 2.05) is 31.2 Å². The number of carbonyl (C=O) groups excluding carboxylic acids is 2. The third-order valence-corrected chi connectivity index (χ3v) is 7.42. The van der Waals surface area contributed by atoms with Crippen molar-refractivity contribution in [3.05, 3.63) is 120 Å². The SMILES string of the molecule is C=C(/C=C\c1c(Oc2ccc(NC(=O)C3(C(=O)Nc4ccc(F)cc4)CC3)cc2)ccnc1C)c1ccc(CCCF)nc1. The molecule has 1 saturated carbocycles. The highest BCUT2D eigenvalue weighted by Crippen LogP contribution is 2.47. The summed E-state index contributed by atoms with van der Waals surface area (Å²) in [5, 5.41) is 5.53. The van der Waals surface area contributed by atoms with Crippen LogP contribution >= 0.6 is 0 Å². The molecule has 224 valence electrons. The van der Waals surface area contributed by atoms with Crippen molar-refractivity contribution >= 4 is 34.8 Å². The molecule has 2 N–H and O–H groups in total. The molecular weight excluding hydrogens is 562 g/mol. The van der Waals surface area contributed by atoms with E-state index in [4.69, 9.17) is 4.74 Å². The van der Waals surface area contributed by atoms with Crippen LogP contribution in [0.3, 0.4) is 0 Å². The molecule has 1 aliphatic carbocycles. The van der Waals surface area contributed by atoms with Gasteiger partial charge in [0.25, 0.3) is 0 Å². The van der Waals surface area contributed by atoms with Crippen molar-refractivity contribution in [2.45, 2.75) is 32.6 Å². The van der Waals surface area contributed by atoms with Gasteiger partial charge in [-0.15, -0.1) is 0 Å². The standard InChI is InChI=1S/C35H32F2N4O3/c1-23(25-6-9-27(39-22-25)4-3-20-36)5-16-31-24(2)38-21-17-32(31)44-30-14-12-29(13-15-30)41-34(43)35(18-19-35)33(42)40-28-10-7-26(37)8-11-28/h5-17,21-22H,1,3-4,18-20H2,2H3,(H,40,42)(H,41,43)/b16-5-. The molecule has 2 amide bonds. The number of anilines is 2. The normalized spacial score (nSPS) is 13.3. The highest BCUT2D eigenvalue weighted by molar-refractivity contribution is 6.16. The molecule has 0 saturated heterocycles. The van der Waals surface area contributed by atoms with Crippen LogP contribution in [-0.4, -0.2) is 28.5 Å². The average molecular weight is 595 g/mol. The summed E-state index contributed by atoms with van der Waals surface area (Å²) in [4.78, 5) is 34.7. The Balaban J connectivity index is 1.21. The number of pyridine rings is 2. The van der Waals surface area contributed by atoms with Gasteiger partial charge < -0.3 is 15.4 Å². The van der Waals surface area contributed by atoms with E-state index in [1.54, 1.807) is 42.7 Å². The minimum Gasteiger partial charge on any atom is -0.457 e. The number of allylic oxidation sites excluding steroid dienone is 2. The number of nitrogens with zero attached hydrogens (tertiary/aromatic N) is 2. The molecule has 4 aromatic rings. The zero-order chi connectivity index (χ0) is 31.1. The highest BCUT2D eigenvalue weighted by atomic mass is 19.1. The molecular formula is C35H32F2N4O3. The number of nitrogens with one attached hydrogen (secondary N) is 2. The van der Waals surface area contributed by atoms with Crippen LogP contribution in [0.1, 0.15) is 41.8 Å². The molecule has 1 aliphatic rings. The van der Waals surface area contributed by atoms with Gasteiger partial charge in [-0.25, -0.2) is 4.39 Å². The van der Waals surface area contributed by atoms with Gasteiger partial charge in [-0.2, -0.15) is 0 Å². The maximum Gasteiger partial charge on any atom is 0.240 e. The zero-order valence-corrected chi connectivity index (χ0v) is 24.3. The Morgan fingerprint density at radius 3 is 2.20 bits per heavy atom. The van der Waals surface area contributed by atoms with Crippen molar-refractivity contribution in [3.8, 4) is 11.5 Å². The molecule has 0 atom stereocenters. The molecule has 44 heavy (non-hydrogen) atoms. The van der Waals surface area contributed by atoms with Crippen LogP contribution in [0.5, 0.6) is 11.5 Å². The molecule has 2 heterocycles. The highest BCUT2D eigenvalue weighted by Gasteiger charge is 2.56. The third-order valence-electron chi connectivity index (χ3n) is 7.42. The van der Waals surface area contributed by atoms with Gasteiger partial charge in [-0.05, 0) is 110 Å². The summed E-state index contributed by atoms with van der Waals surface area (Å²) in [6, 6.07) is 17.8. The number of hydrogen-bond donors (Lipinski definition) is 2.